The van der Waals surface area contributed by atoms with Gasteiger partial charge in [-0.15, -0.1) is 0 Å². The number of carbonyl (C=O) groups is 2. The number of rotatable bonds is 5. The number of esters is 2. The van der Waals surface area contributed by atoms with E-state index < -0.39 is 80.8 Å². The van der Waals surface area contributed by atoms with Crippen molar-refractivity contribution in [2.24, 2.45) is 0 Å². The molecule has 0 saturated carbocycles. The molecule has 3 rings (SSSR count). The van der Waals surface area contributed by atoms with Crippen molar-refractivity contribution in [3.8, 4) is 0 Å². The molecule has 3 N–H and O–H groups in total. The Balaban J connectivity index is 1.80. The SMILES string of the molecule is CC(C)OC(=O)CNP1(=O)NCC(=O)OC2[C@@H](CO1)OC(n1ccc(=O)[nH]c1=O)[C@@]2(C)F. The van der Waals surface area contributed by atoms with Crippen molar-refractivity contribution >= 4 is 19.6 Å². The predicted molar refractivity (Wildman–Crippen MR) is 105 cm³/mol. The molecule has 3 unspecified atom stereocenters. The third-order valence-electron chi connectivity index (χ3n) is 4.69. The minimum atomic E-state index is -3.97. The Morgan fingerprint density at radius 3 is 2.81 bits per heavy atom. The Morgan fingerprint density at radius 1 is 1.44 bits per heavy atom. The molecule has 32 heavy (non-hydrogen) atoms. The minimum absolute atomic E-state index is 0.391. The zero-order chi connectivity index (χ0) is 23.7. The maximum atomic E-state index is 15.7. The molecule has 15 heteroatoms. The van der Waals surface area contributed by atoms with Crippen molar-refractivity contribution in [1.29, 1.82) is 0 Å². The lowest BCUT2D eigenvalue weighted by atomic mass is 9.98. The van der Waals surface area contributed by atoms with Gasteiger partial charge in [-0.05, 0) is 20.8 Å². The molecule has 0 bridgehead atoms. The van der Waals surface area contributed by atoms with Gasteiger partial charge in [0.15, 0.2) is 18.0 Å². The molecule has 5 atom stereocenters. The first-order chi connectivity index (χ1) is 14.9. The van der Waals surface area contributed by atoms with Crippen LogP contribution in [0.25, 0.3) is 0 Å². The summed E-state index contributed by atoms with van der Waals surface area (Å²) >= 11 is 0. The number of aromatic amines is 1. The van der Waals surface area contributed by atoms with Gasteiger partial charge in [-0.3, -0.25) is 28.5 Å². The monoisotopic (exact) mass is 478 g/mol. The van der Waals surface area contributed by atoms with E-state index in [4.69, 9.17) is 18.7 Å². The third-order valence-corrected chi connectivity index (χ3v) is 6.36. The van der Waals surface area contributed by atoms with Crippen molar-refractivity contribution in [2.75, 3.05) is 19.7 Å². The number of hydrogen-bond acceptors (Lipinski definition) is 9. The van der Waals surface area contributed by atoms with Gasteiger partial charge < -0.3 is 18.7 Å². The lowest BCUT2D eigenvalue weighted by Gasteiger charge is -2.27. The molecule has 2 aliphatic heterocycles. The number of halogens is 1. The van der Waals surface area contributed by atoms with E-state index in [9.17, 15) is 23.7 Å². The average Bonchev–Trinajstić information content (AvgIpc) is 2.96. The van der Waals surface area contributed by atoms with E-state index in [1.165, 1.54) is 0 Å². The molecule has 1 aromatic rings. The molecule has 0 radical (unpaired) electrons. The number of nitrogens with one attached hydrogen (secondary N) is 3. The number of aromatic nitrogens is 2. The molecule has 0 amide bonds. The molecule has 13 nitrogen and oxygen atoms in total. The Morgan fingerprint density at radius 2 is 2.16 bits per heavy atom. The summed E-state index contributed by atoms with van der Waals surface area (Å²) in [5.74, 6) is -1.66. The molecule has 0 aromatic carbocycles. The van der Waals surface area contributed by atoms with Gasteiger partial charge in [0.25, 0.3) is 5.56 Å². The van der Waals surface area contributed by atoms with Crippen molar-refractivity contribution in [3.63, 3.8) is 0 Å². The highest BCUT2D eigenvalue weighted by Crippen LogP contribution is 2.45. The Kier molecular flexibility index (Phi) is 7.00. The van der Waals surface area contributed by atoms with E-state index in [0.717, 1.165) is 23.8 Å². The molecule has 178 valence electrons. The number of nitrogens with zero attached hydrogens (tertiary/aromatic N) is 1. The van der Waals surface area contributed by atoms with Crippen LogP contribution in [0.15, 0.2) is 21.9 Å². The molecular weight excluding hydrogens is 454 g/mol. The van der Waals surface area contributed by atoms with Crippen molar-refractivity contribution < 1.29 is 37.3 Å². The lowest BCUT2D eigenvalue weighted by Crippen LogP contribution is -2.46. The number of ether oxygens (including phenoxy) is 3. The topological polar surface area (TPSA) is 167 Å². The van der Waals surface area contributed by atoms with Gasteiger partial charge >= 0.3 is 25.3 Å². The maximum Gasteiger partial charge on any atom is 0.341 e. The van der Waals surface area contributed by atoms with Crippen LogP contribution in [0.1, 0.15) is 27.0 Å². The van der Waals surface area contributed by atoms with E-state index in [2.05, 4.69) is 10.2 Å². The fourth-order valence-corrected chi connectivity index (χ4v) is 4.62. The second-order valence-electron chi connectivity index (χ2n) is 7.66. The largest absolute Gasteiger partial charge is 0.462 e. The van der Waals surface area contributed by atoms with Gasteiger partial charge in [0.05, 0.1) is 12.7 Å². The summed E-state index contributed by atoms with van der Waals surface area (Å²) in [6.45, 7) is 2.73. The van der Waals surface area contributed by atoms with Gasteiger partial charge in [-0.25, -0.2) is 19.4 Å². The normalized spacial score (nSPS) is 33.0. The standard InChI is InChI=1S/C17H24FN4O9P/c1-9(2)29-12(24)6-19-32(27)20-7-13(25)31-14-10(8-28-32)30-15(17(14,3)18)22-5-4-11(23)21-16(22)26/h4-5,9-10,14-15H,6-8H2,1-3H3,(H2,19,20,27)(H,21,23,26)/t10-,14?,15?,17+,32?/m1/s1. The third kappa shape index (κ3) is 5.33. The van der Waals surface area contributed by atoms with Crippen LogP contribution in [0.5, 0.6) is 0 Å². The van der Waals surface area contributed by atoms with E-state index in [0.29, 0.717) is 0 Å². The van der Waals surface area contributed by atoms with Gasteiger partial charge in [0.1, 0.15) is 19.2 Å². The minimum Gasteiger partial charge on any atom is -0.462 e. The van der Waals surface area contributed by atoms with Crippen molar-refractivity contribution in [2.45, 2.75) is 51.0 Å². The molecule has 1 aromatic heterocycles. The predicted octanol–water partition coefficient (Wildman–Crippen LogP) is -0.657. The number of fused-ring (bicyclic) bond motifs is 1. The van der Waals surface area contributed by atoms with Crippen LogP contribution in [0.2, 0.25) is 0 Å². The van der Waals surface area contributed by atoms with Crippen LogP contribution in [-0.4, -0.2) is 65.2 Å². The highest BCUT2D eigenvalue weighted by molar-refractivity contribution is 7.54. The van der Waals surface area contributed by atoms with Crippen LogP contribution < -0.4 is 21.4 Å². The van der Waals surface area contributed by atoms with E-state index in [1.807, 2.05) is 4.98 Å². The van der Waals surface area contributed by atoms with Crippen LogP contribution >= 0.6 is 7.67 Å². The smallest absolute Gasteiger partial charge is 0.341 e. The van der Waals surface area contributed by atoms with E-state index in [1.54, 1.807) is 13.8 Å². The highest BCUT2D eigenvalue weighted by atomic mass is 31.2. The molecule has 0 spiro atoms. The first-order valence-electron chi connectivity index (χ1n) is 9.71. The molecule has 0 aliphatic carbocycles. The van der Waals surface area contributed by atoms with Gasteiger partial charge in [-0.1, -0.05) is 0 Å². The fourth-order valence-electron chi connectivity index (χ4n) is 3.29. The first kappa shape index (κ1) is 24.3. The molecular formula is C17H24FN4O9P. The average molecular weight is 478 g/mol. The number of carbonyl (C=O) groups excluding carboxylic acids is 2. The van der Waals surface area contributed by atoms with Gasteiger partial charge in [0.2, 0.25) is 0 Å². The summed E-state index contributed by atoms with van der Waals surface area (Å²) in [5, 5.41) is 4.71. The summed E-state index contributed by atoms with van der Waals surface area (Å²) in [6.07, 6.45) is -3.68. The van der Waals surface area contributed by atoms with Gasteiger partial charge in [-0.2, -0.15) is 0 Å². The Bertz CT molecular complexity index is 1040. The van der Waals surface area contributed by atoms with Crippen LogP contribution in [0.4, 0.5) is 4.39 Å². The summed E-state index contributed by atoms with van der Waals surface area (Å²) in [6, 6.07) is 1.01. The highest BCUT2D eigenvalue weighted by Gasteiger charge is 2.59. The molecule has 2 saturated heterocycles. The first-order valence-corrected chi connectivity index (χ1v) is 11.3. The number of hydrogen-bond donors (Lipinski definition) is 3. The number of H-pyrrole nitrogens is 1. The molecule has 3 heterocycles. The Hall–Kier alpha value is -2.38. The van der Waals surface area contributed by atoms with E-state index in [-0.39, 0.29) is 0 Å². The summed E-state index contributed by atoms with van der Waals surface area (Å²) in [4.78, 5) is 49.4. The quantitative estimate of drug-likeness (QED) is 0.363. The van der Waals surface area contributed by atoms with Crippen molar-refractivity contribution in [1.82, 2.24) is 19.7 Å². The van der Waals surface area contributed by atoms with Gasteiger partial charge in [0, 0.05) is 12.3 Å². The zero-order valence-corrected chi connectivity index (χ0v) is 18.4. The Labute approximate surface area is 181 Å². The van der Waals surface area contributed by atoms with Crippen molar-refractivity contribution in [3.05, 3.63) is 33.1 Å². The summed E-state index contributed by atoms with van der Waals surface area (Å²) in [7, 11) is -3.97. The lowest BCUT2D eigenvalue weighted by molar-refractivity contribution is -0.156. The fraction of sp³-hybridized carbons (Fsp3) is 0.647. The zero-order valence-electron chi connectivity index (χ0n) is 17.5. The molecule has 2 fully saturated rings. The second kappa shape index (κ2) is 9.24. The summed E-state index contributed by atoms with van der Waals surface area (Å²) < 4.78 is 50.6. The maximum absolute atomic E-state index is 15.7. The summed E-state index contributed by atoms with van der Waals surface area (Å²) in [5.41, 5.74) is -4.02. The van der Waals surface area contributed by atoms with E-state index >= 15 is 4.39 Å². The number of alkyl halides is 1. The second-order valence-corrected chi connectivity index (χ2v) is 9.66. The molecule has 2 aliphatic rings. The van der Waals surface area contributed by atoms with Crippen LogP contribution in [0, 0.1) is 0 Å². The van der Waals surface area contributed by atoms with Crippen LogP contribution in [-0.2, 0) is 32.9 Å². The van der Waals surface area contributed by atoms with Crippen LogP contribution in [0.3, 0.4) is 0 Å².